The lowest BCUT2D eigenvalue weighted by Crippen LogP contribution is -2.28. The molecule has 0 heterocycles. The highest BCUT2D eigenvalue weighted by Crippen LogP contribution is 2.29. The number of sulfonamides is 1. The Kier molecular flexibility index (Phi) is 5.94. The van der Waals surface area contributed by atoms with Gasteiger partial charge in [0.1, 0.15) is 6.61 Å². The van der Waals surface area contributed by atoms with E-state index in [2.05, 4.69) is 4.72 Å². The van der Waals surface area contributed by atoms with Gasteiger partial charge in [-0.3, -0.25) is 4.79 Å². The van der Waals surface area contributed by atoms with Gasteiger partial charge in [-0.1, -0.05) is 30.3 Å². The number of hydrogen-bond donors (Lipinski definition) is 1. The van der Waals surface area contributed by atoms with Gasteiger partial charge in [-0.05, 0) is 23.8 Å². The maximum atomic E-state index is 12.0. The molecule has 24 heavy (non-hydrogen) atoms. The van der Waals surface area contributed by atoms with Gasteiger partial charge in [-0.2, -0.15) is 0 Å². The van der Waals surface area contributed by atoms with E-state index in [0.717, 1.165) is 11.8 Å². The standard InChI is InChI=1S/C17H19NO5S/c1-22-17-10-14(15(19)11-18-24(2,20)21)8-9-16(17)23-12-13-6-4-3-5-7-13/h3-10,18H,11-12H2,1-2H3. The molecule has 0 amide bonds. The van der Waals surface area contributed by atoms with Crippen molar-refractivity contribution in [1.29, 1.82) is 0 Å². The zero-order valence-corrected chi connectivity index (χ0v) is 14.3. The molecule has 2 rings (SSSR count). The number of benzene rings is 2. The van der Waals surface area contributed by atoms with E-state index in [1.54, 1.807) is 12.1 Å². The normalized spacial score (nSPS) is 11.1. The van der Waals surface area contributed by atoms with Crippen LogP contribution in [0.4, 0.5) is 0 Å². The minimum atomic E-state index is -3.42. The molecule has 0 saturated heterocycles. The lowest BCUT2D eigenvalue weighted by atomic mass is 10.1. The summed E-state index contributed by atoms with van der Waals surface area (Å²) in [6.07, 6.45) is 1.00. The molecule has 0 aliphatic rings. The molecule has 128 valence electrons. The second-order valence-electron chi connectivity index (χ2n) is 5.16. The van der Waals surface area contributed by atoms with Crippen LogP contribution in [0.15, 0.2) is 48.5 Å². The molecule has 2 aromatic rings. The van der Waals surface area contributed by atoms with E-state index in [1.165, 1.54) is 13.2 Å². The van der Waals surface area contributed by atoms with E-state index in [9.17, 15) is 13.2 Å². The van der Waals surface area contributed by atoms with Gasteiger partial charge >= 0.3 is 0 Å². The van der Waals surface area contributed by atoms with Crippen LogP contribution in [-0.4, -0.2) is 34.1 Å². The van der Waals surface area contributed by atoms with Crippen LogP contribution in [0.2, 0.25) is 0 Å². The van der Waals surface area contributed by atoms with Crippen molar-refractivity contribution < 1.29 is 22.7 Å². The van der Waals surface area contributed by atoms with Crippen LogP contribution in [0.25, 0.3) is 0 Å². The summed E-state index contributed by atoms with van der Waals surface area (Å²) in [6, 6.07) is 14.4. The Morgan fingerprint density at radius 1 is 1.08 bits per heavy atom. The first-order valence-corrected chi connectivity index (χ1v) is 9.11. The molecular weight excluding hydrogens is 330 g/mol. The summed E-state index contributed by atoms with van der Waals surface area (Å²) < 4.78 is 35.3. The van der Waals surface area contributed by atoms with Gasteiger partial charge in [0.2, 0.25) is 10.0 Å². The predicted octanol–water partition coefficient (Wildman–Crippen LogP) is 2.01. The molecule has 0 saturated carbocycles. The molecule has 0 atom stereocenters. The monoisotopic (exact) mass is 349 g/mol. The molecule has 0 fully saturated rings. The molecular formula is C17H19NO5S. The first-order chi connectivity index (χ1) is 11.4. The maximum Gasteiger partial charge on any atom is 0.209 e. The average molecular weight is 349 g/mol. The third kappa shape index (κ3) is 5.36. The molecule has 6 nitrogen and oxygen atoms in total. The lowest BCUT2D eigenvalue weighted by Gasteiger charge is -2.12. The molecule has 0 radical (unpaired) electrons. The second-order valence-corrected chi connectivity index (χ2v) is 6.99. The number of carbonyl (C=O) groups is 1. The molecule has 1 N–H and O–H groups in total. The number of Topliss-reactive ketones (excluding diaryl/α,β-unsaturated/α-hetero) is 1. The van der Waals surface area contributed by atoms with E-state index < -0.39 is 10.0 Å². The van der Waals surface area contributed by atoms with Crippen molar-refractivity contribution in [2.45, 2.75) is 6.61 Å². The van der Waals surface area contributed by atoms with Crippen LogP contribution in [0, 0.1) is 0 Å². The topological polar surface area (TPSA) is 81.7 Å². The Morgan fingerprint density at radius 3 is 2.42 bits per heavy atom. The summed E-state index contributed by atoms with van der Waals surface area (Å²) >= 11 is 0. The first kappa shape index (κ1) is 18.0. The van der Waals surface area contributed by atoms with Crippen LogP contribution >= 0.6 is 0 Å². The largest absolute Gasteiger partial charge is 0.493 e. The van der Waals surface area contributed by atoms with Crippen molar-refractivity contribution in [2.24, 2.45) is 0 Å². The summed E-state index contributed by atoms with van der Waals surface area (Å²) in [7, 11) is -1.94. The van der Waals surface area contributed by atoms with Gasteiger partial charge in [0.25, 0.3) is 0 Å². The fourth-order valence-electron chi connectivity index (χ4n) is 1.99. The quantitative estimate of drug-likeness (QED) is 0.737. The molecule has 0 aromatic heterocycles. The molecule has 0 spiro atoms. The number of rotatable bonds is 8. The zero-order valence-electron chi connectivity index (χ0n) is 13.5. The summed E-state index contributed by atoms with van der Waals surface area (Å²) in [5, 5.41) is 0. The molecule has 7 heteroatoms. The Bertz CT molecular complexity index is 803. The van der Waals surface area contributed by atoms with Crippen molar-refractivity contribution in [2.75, 3.05) is 19.9 Å². The van der Waals surface area contributed by atoms with Crippen molar-refractivity contribution in [3.05, 3.63) is 59.7 Å². The van der Waals surface area contributed by atoms with Gasteiger partial charge in [0.15, 0.2) is 17.3 Å². The fraction of sp³-hybridized carbons (Fsp3) is 0.235. The summed E-state index contributed by atoms with van der Waals surface area (Å²) in [5.41, 5.74) is 1.35. The number of ether oxygens (including phenoxy) is 2. The Hall–Kier alpha value is -2.38. The Morgan fingerprint density at radius 2 is 1.79 bits per heavy atom. The summed E-state index contributed by atoms with van der Waals surface area (Å²) in [6.45, 7) is 0.0757. The van der Waals surface area contributed by atoms with E-state index in [1.807, 2.05) is 30.3 Å². The minimum Gasteiger partial charge on any atom is -0.493 e. The van der Waals surface area contributed by atoms with E-state index in [0.29, 0.717) is 23.7 Å². The minimum absolute atomic E-state index is 0.299. The fourth-order valence-corrected chi connectivity index (χ4v) is 2.39. The third-order valence-corrected chi connectivity index (χ3v) is 3.89. The van der Waals surface area contributed by atoms with Crippen molar-refractivity contribution >= 4 is 15.8 Å². The first-order valence-electron chi connectivity index (χ1n) is 7.21. The Labute approximate surface area is 141 Å². The van der Waals surface area contributed by atoms with Crippen molar-refractivity contribution in [3.8, 4) is 11.5 Å². The van der Waals surface area contributed by atoms with Crippen LogP contribution in [0.1, 0.15) is 15.9 Å². The summed E-state index contributed by atoms with van der Waals surface area (Å²) in [5.74, 6) is 0.568. The number of ketones is 1. The highest BCUT2D eigenvalue weighted by Gasteiger charge is 2.13. The average Bonchev–Trinajstić information content (AvgIpc) is 2.58. The number of hydrogen-bond acceptors (Lipinski definition) is 5. The van der Waals surface area contributed by atoms with Crippen LogP contribution in [-0.2, 0) is 16.6 Å². The molecule has 2 aromatic carbocycles. The van der Waals surface area contributed by atoms with Crippen LogP contribution in [0.3, 0.4) is 0 Å². The van der Waals surface area contributed by atoms with Crippen LogP contribution < -0.4 is 14.2 Å². The molecule has 0 aliphatic carbocycles. The highest BCUT2D eigenvalue weighted by molar-refractivity contribution is 7.88. The lowest BCUT2D eigenvalue weighted by molar-refractivity contribution is 0.0996. The van der Waals surface area contributed by atoms with E-state index >= 15 is 0 Å². The summed E-state index contributed by atoms with van der Waals surface area (Å²) in [4.78, 5) is 12.0. The van der Waals surface area contributed by atoms with E-state index in [4.69, 9.17) is 9.47 Å². The van der Waals surface area contributed by atoms with Gasteiger partial charge in [0.05, 0.1) is 19.9 Å². The molecule has 0 unspecified atom stereocenters. The van der Waals surface area contributed by atoms with Crippen molar-refractivity contribution in [3.63, 3.8) is 0 Å². The predicted molar refractivity (Wildman–Crippen MR) is 90.9 cm³/mol. The third-order valence-electron chi connectivity index (χ3n) is 3.22. The number of carbonyl (C=O) groups excluding carboxylic acids is 1. The second kappa shape index (κ2) is 7.94. The van der Waals surface area contributed by atoms with E-state index in [-0.39, 0.29) is 12.3 Å². The highest BCUT2D eigenvalue weighted by atomic mass is 32.2. The Balaban J connectivity index is 2.08. The number of methoxy groups -OCH3 is 1. The molecule has 0 aliphatic heterocycles. The smallest absolute Gasteiger partial charge is 0.209 e. The van der Waals surface area contributed by atoms with Gasteiger partial charge in [-0.25, -0.2) is 13.1 Å². The number of nitrogens with one attached hydrogen (secondary N) is 1. The van der Waals surface area contributed by atoms with Gasteiger partial charge in [-0.15, -0.1) is 0 Å². The SMILES string of the molecule is COc1cc(C(=O)CNS(C)(=O)=O)ccc1OCc1ccccc1. The van der Waals surface area contributed by atoms with Gasteiger partial charge < -0.3 is 9.47 Å². The zero-order chi connectivity index (χ0) is 17.6. The van der Waals surface area contributed by atoms with Crippen LogP contribution in [0.5, 0.6) is 11.5 Å². The van der Waals surface area contributed by atoms with Gasteiger partial charge in [0, 0.05) is 5.56 Å². The van der Waals surface area contributed by atoms with Crippen molar-refractivity contribution in [1.82, 2.24) is 4.72 Å². The maximum absolute atomic E-state index is 12.0. The molecule has 0 bridgehead atoms.